The molecular weight excluding hydrogens is 226 g/mol. The van der Waals surface area contributed by atoms with Crippen LogP contribution >= 0.6 is 11.3 Å². The van der Waals surface area contributed by atoms with E-state index in [1.54, 1.807) is 26.5 Å². The Balaban J connectivity index is 2.33. The van der Waals surface area contributed by atoms with Gasteiger partial charge in [-0.3, -0.25) is 0 Å². The summed E-state index contributed by atoms with van der Waals surface area (Å²) in [5, 5.41) is 0.659. The van der Waals surface area contributed by atoms with E-state index in [1.165, 1.54) is 11.3 Å². The average molecular weight is 236 g/mol. The lowest BCUT2D eigenvalue weighted by molar-refractivity contribution is 0.337. The van der Waals surface area contributed by atoms with E-state index in [0.29, 0.717) is 22.3 Å². The molecule has 0 aliphatic carbocycles. The summed E-state index contributed by atoms with van der Waals surface area (Å²) in [5.74, 6) is 1.80. The second kappa shape index (κ2) is 4.85. The summed E-state index contributed by atoms with van der Waals surface area (Å²) in [6.45, 7) is 0. The number of hydrogen-bond acceptors (Lipinski definition) is 5. The van der Waals surface area contributed by atoms with Gasteiger partial charge in [0, 0.05) is 0 Å². The maximum atomic E-state index is 5.60. The number of nitrogens with zero attached hydrogens (tertiary/aromatic N) is 1. The van der Waals surface area contributed by atoms with Crippen molar-refractivity contribution in [2.45, 2.75) is 0 Å². The molecular formula is C11H10NO3S. The molecule has 5 heteroatoms. The third-order valence-electron chi connectivity index (χ3n) is 1.95. The first-order chi connectivity index (χ1) is 7.85. The average Bonchev–Trinajstić information content (AvgIpc) is 2.81. The highest BCUT2D eigenvalue weighted by atomic mass is 32.1. The van der Waals surface area contributed by atoms with Crippen molar-refractivity contribution in [1.82, 2.24) is 4.98 Å². The van der Waals surface area contributed by atoms with E-state index < -0.39 is 0 Å². The number of benzene rings is 1. The first-order valence-electron chi connectivity index (χ1n) is 4.56. The van der Waals surface area contributed by atoms with Gasteiger partial charge in [0.05, 0.1) is 20.4 Å². The van der Waals surface area contributed by atoms with Crippen LogP contribution in [0.3, 0.4) is 0 Å². The third kappa shape index (κ3) is 2.09. The highest BCUT2D eigenvalue weighted by Crippen LogP contribution is 2.39. The molecule has 0 unspecified atom stereocenters. The number of thiazole rings is 1. The molecule has 1 heterocycles. The predicted octanol–water partition coefficient (Wildman–Crippen LogP) is 2.75. The lowest BCUT2D eigenvalue weighted by atomic mass is 10.3. The second-order valence-corrected chi connectivity index (χ2v) is 3.65. The van der Waals surface area contributed by atoms with Crippen LogP contribution in [0.4, 0.5) is 0 Å². The van der Waals surface area contributed by atoms with E-state index in [4.69, 9.17) is 14.2 Å². The van der Waals surface area contributed by atoms with Crippen molar-refractivity contribution in [1.29, 1.82) is 0 Å². The van der Waals surface area contributed by atoms with Gasteiger partial charge in [-0.1, -0.05) is 17.4 Å². The van der Waals surface area contributed by atoms with Crippen LogP contribution in [0.5, 0.6) is 22.3 Å². The fraction of sp³-hybridized carbons (Fsp3) is 0.182. The molecule has 16 heavy (non-hydrogen) atoms. The summed E-state index contributed by atoms with van der Waals surface area (Å²) >= 11 is 1.30. The molecule has 0 saturated carbocycles. The summed E-state index contributed by atoms with van der Waals surface area (Å²) < 4.78 is 16.0. The molecule has 0 bridgehead atoms. The topological polar surface area (TPSA) is 40.6 Å². The van der Waals surface area contributed by atoms with Gasteiger partial charge in [-0.2, -0.15) is 0 Å². The number of ether oxygens (including phenoxy) is 3. The van der Waals surface area contributed by atoms with E-state index in [9.17, 15) is 0 Å². The standard InChI is InChI=1S/C11H10NO3S/c1-13-8-4-3-5-9(11(8)14-2)15-10-6-12-7-16-10/h3-6H,1-2H3. The van der Waals surface area contributed by atoms with Gasteiger partial charge in [0.1, 0.15) is 0 Å². The molecule has 0 N–H and O–H groups in total. The van der Waals surface area contributed by atoms with E-state index in [1.807, 2.05) is 12.1 Å². The van der Waals surface area contributed by atoms with Gasteiger partial charge in [-0.15, -0.1) is 0 Å². The van der Waals surface area contributed by atoms with Gasteiger partial charge >= 0.3 is 0 Å². The number of para-hydroxylation sites is 1. The van der Waals surface area contributed by atoms with E-state index in [-0.39, 0.29) is 0 Å². The van der Waals surface area contributed by atoms with E-state index >= 15 is 0 Å². The van der Waals surface area contributed by atoms with E-state index in [0.717, 1.165) is 0 Å². The second-order valence-electron chi connectivity index (χ2n) is 2.86. The first-order valence-corrected chi connectivity index (χ1v) is 5.37. The Kier molecular flexibility index (Phi) is 3.26. The van der Waals surface area contributed by atoms with Crippen molar-refractivity contribution >= 4 is 11.3 Å². The number of hydrogen-bond donors (Lipinski definition) is 0. The molecule has 0 saturated heterocycles. The minimum Gasteiger partial charge on any atom is -0.493 e. The number of aromatic nitrogens is 1. The van der Waals surface area contributed by atoms with Crippen LogP contribution in [-0.2, 0) is 0 Å². The Morgan fingerprint density at radius 1 is 1.19 bits per heavy atom. The highest BCUT2D eigenvalue weighted by molar-refractivity contribution is 7.11. The van der Waals surface area contributed by atoms with Gasteiger partial charge in [0.2, 0.25) is 10.8 Å². The molecule has 0 spiro atoms. The van der Waals surface area contributed by atoms with Crippen molar-refractivity contribution in [2.24, 2.45) is 0 Å². The number of rotatable bonds is 4. The van der Waals surface area contributed by atoms with Crippen molar-refractivity contribution in [3.05, 3.63) is 29.9 Å². The van der Waals surface area contributed by atoms with Crippen LogP contribution < -0.4 is 14.2 Å². The number of methoxy groups -OCH3 is 2. The summed E-state index contributed by atoms with van der Waals surface area (Å²) in [6, 6.07) is 5.45. The molecule has 0 fully saturated rings. The first kappa shape index (κ1) is 10.8. The van der Waals surface area contributed by atoms with Gasteiger partial charge in [0.25, 0.3) is 0 Å². The third-order valence-corrected chi connectivity index (χ3v) is 2.53. The Morgan fingerprint density at radius 2 is 2.00 bits per heavy atom. The molecule has 0 amide bonds. The minimum atomic E-state index is 0.568. The maximum Gasteiger partial charge on any atom is 0.203 e. The summed E-state index contributed by atoms with van der Waals surface area (Å²) in [7, 11) is 3.16. The normalized spacial score (nSPS) is 9.88. The highest BCUT2D eigenvalue weighted by Gasteiger charge is 2.11. The van der Waals surface area contributed by atoms with Crippen LogP contribution in [0.25, 0.3) is 0 Å². The summed E-state index contributed by atoms with van der Waals surface area (Å²) in [4.78, 5) is 3.81. The van der Waals surface area contributed by atoms with E-state index in [2.05, 4.69) is 10.5 Å². The maximum absolute atomic E-state index is 5.60. The molecule has 0 atom stereocenters. The lowest BCUT2D eigenvalue weighted by Crippen LogP contribution is -1.93. The molecule has 83 valence electrons. The van der Waals surface area contributed by atoms with Gasteiger partial charge in [0.15, 0.2) is 17.0 Å². The lowest BCUT2D eigenvalue weighted by Gasteiger charge is -2.11. The van der Waals surface area contributed by atoms with Gasteiger partial charge in [-0.25, -0.2) is 4.98 Å². The predicted molar refractivity (Wildman–Crippen MR) is 60.6 cm³/mol. The van der Waals surface area contributed by atoms with Gasteiger partial charge < -0.3 is 14.2 Å². The smallest absolute Gasteiger partial charge is 0.203 e. The molecule has 2 aromatic rings. The Labute approximate surface area is 97.4 Å². The molecule has 0 aliphatic heterocycles. The van der Waals surface area contributed by atoms with Crippen LogP contribution in [0, 0.1) is 5.51 Å². The van der Waals surface area contributed by atoms with Crippen molar-refractivity contribution in [3.63, 3.8) is 0 Å². The van der Waals surface area contributed by atoms with Crippen LogP contribution in [0.2, 0.25) is 0 Å². The SMILES string of the molecule is COc1cccc(Oc2cn[c]s2)c1OC. The van der Waals surface area contributed by atoms with Crippen LogP contribution in [0.1, 0.15) is 0 Å². The molecule has 2 rings (SSSR count). The summed E-state index contributed by atoms with van der Waals surface area (Å²) in [5.41, 5.74) is 2.71. The largest absolute Gasteiger partial charge is 0.493 e. The molecule has 4 nitrogen and oxygen atoms in total. The van der Waals surface area contributed by atoms with Crippen molar-refractivity contribution in [3.8, 4) is 22.3 Å². The fourth-order valence-corrected chi connectivity index (χ4v) is 1.70. The molecule has 0 aliphatic rings. The van der Waals surface area contributed by atoms with Crippen LogP contribution in [0.15, 0.2) is 24.4 Å². The summed E-state index contributed by atoms with van der Waals surface area (Å²) in [6.07, 6.45) is 1.60. The molecule has 1 radical (unpaired) electrons. The Hall–Kier alpha value is -1.75. The molecule has 1 aromatic heterocycles. The van der Waals surface area contributed by atoms with Gasteiger partial charge in [-0.05, 0) is 12.1 Å². The monoisotopic (exact) mass is 236 g/mol. The fourth-order valence-electron chi connectivity index (χ4n) is 1.27. The van der Waals surface area contributed by atoms with Crippen LogP contribution in [-0.4, -0.2) is 19.2 Å². The van der Waals surface area contributed by atoms with Crippen molar-refractivity contribution in [2.75, 3.05) is 14.2 Å². The Bertz CT molecular complexity index is 456. The minimum absolute atomic E-state index is 0.568. The zero-order valence-electron chi connectivity index (χ0n) is 8.89. The zero-order valence-corrected chi connectivity index (χ0v) is 9.71. The molecule has 1 aromatic carbocycles. The quantitative estimate of drug-likeness (QED) is 0.818. The zero-order chi connectivity index (χ0) is 11.4. The Morgan fingerprint density at radius 3 is 2.62 bits per heavy atom. The van der Waals surface area contributed by atoms with Crippen molar-refractivity contribution < 1.29 is 14.2 Å².